The van der Waals surface area contributed by atoms with E-state index in [0.29, 0.717) is 5.82 Å². The zero-order valence-corrected chi connectivity index (χ0v) is 9.67. The Morgan fingerprint density at radius 2 is 2.11 bits per heavy atom. The van der Waals surface area contributed by atoms with Crippen molar-refractivity contribution in [2.45, 2.75) is 0 Å². The maximum atomic E-state index is 12.8. The Hall–Kier alpha value is -2.43. The maximum absolute atomic E-state index is 12.8. The highest BCUT2D eigenvalue weighted by molar-refractivity contribution is 6.06. The van der Waals surface area contributed by atoms with Crippen LogP contribution in [-0.2, 0) is 0 Å². The van der Waals surface area contributed by atoms with Crippen LogP contribution in [0, 0.1) is 5.82 Å². The number of phenols is 1. The van der Waals surface area contributed by atoms with Crippen LogP contribution in [0.3, 0.4) is 0 Å². The number of anilines is 1. The number of carbonyl (C=O) groups is 1. The molecule has 0 aliphatic carbocycles. The van der Waals surface area contributed by atoms with Crippen LogP contribution in [0.2, 0.25) is 0 Å². The lowest BCUT2D eigenvalue weighted by Crippen LogP contribution is -2.27. The minimum Gasteiger partial charge on any atom is -0.507 e. The summed E-state index contributed by atoms with van der Waals surface area (Å²) in [5.74, 6) is -0.982. The molecule has 1 heterocycles. The average Bonchev–Trinajstić information content (AvgIpc) is 2.38. The quantitative estimate of drug-likeness (QED) is 0.883. The third kappa shape index (κ3) is 2.29. The van der Waals surface area contributed by atoms with E-state index in [1.165, 1.54) is 18.0 Å². The largest absolute Gasteiger partial charge is 0.507 e. The van der Waals surface area contributed by atoms with Gasteiger partial charge in [-0.3, -0.25) is 9.69 Å². The minimum atomic E-state index is -0.593. The Morgan fingerprint density at radius 1 is 1.33 bits per heavy atom. The van der Waals surface area contributed by atoms with Crippen LogP contribution in [0.5, 0.6) is 5.75 Å². The van der Waals surface area contributed by atoms with E-state index in [1.807, 2.05) is 0 Å². The highest BCUT2D eigenvalue weighted by Crippen LogP contribution is 2.21. The first-order valence-corrected chi connectivity index (χ1v) is 5.27. The summed E-state index contributed by atoms with van der Waals surface area (Å²) in [4.78, 5) is 17.4. The molecule has 0 bridgehead atoms. The molecule has 0 fully saturated rings. The third-order valence-electron chi connectivity index (χ3n) is 2.49. The predicted octanol–water partition coefficient (Wildman–Crippen LogP) is 2.20. The molecule has 0 spiro atoms. The van der Waals surface area contributed by atoms with Crippen molar-refractivity contribution in [2.75, 3.05) is 11.9 Å². The topological polar surface area (TPSA) is 53.4 Å². The molecule has 0 aliphatic heterocycles. The van der Waals surface area contributed by atoms with Gasteiger partial charge >= 0.3 is 0 Å². The van der Waals surface area contributed by atoms with E-state index < -0.39 is 11.7 Å². The number of carbonyl (C=O) groups excluding carboxylic acids is 1. The Balaban J connectivity index is 2.32. The molecule has 2 aromatic rings. The summed E-state index contributed by atoms with van der Waals surface area (Å²) in [6, 6.07) is 8.41. The second-order valence-corrected chi connectivity index (χ2v) is 3.71. The van der Waals surface area contributed by atoms with E-state index in [0.717, 1.165) is 12.1 Å². The molecular formula is C13H11FN2O2. The Bertz CT molecular complexity index is 572. The van der Waals surface area contributed by atoms with Crippen LogP contribution >= 0.6 is 0 Å². The third-order valence-corrected chi connectivity index (χ3v) is 2.49. The van der Waals surface area contributed by atoms with Crippen molar-refractivity contribution in [1.82, 2.24) is 4.98 Å². The van der Waals surface area contributed by atoms with Gasteiger partial charge < -0.3 is 5.11 Å². The highest BCUT2D eigenvalue weighted by Gasteiger charge is 2.17. The monoisotopic (exact) mass is 246 g/mol. The van der Waals surface area contributed by atoms with Gasteiger partial charge in [0.15, 0.2) is 0 Å². The summed E-state index contributed by atoms with van der Waals surface area (Å²) in [6.45, 7) is 0. The minimum absolute atomic E-state index is 0.0320. The fourth-order valence-corrected chi connectivity index (χ4v) is 1.52. The summed E-state index contributed by atoms with van der Waals surface area (Å²) in [6.07, 6.45) is 1.56. The van der Waals surface area contributed by atoms with Crippen molar-refractivity contribution < 1.29 is 14.3 Å². The first kappa shape index (κ1) is 12.0. The smallest absolute Gasteiger partial charge is 0.262 e. The van der Waals surface area contributed by atoms with Crippen molar-refractivity contribution in [3.8, 4) is 5.75 Å². The highest BCUT2D eigenvalue weighted by atomic mass is 19.1. The number of amides is 1. The lowest BCUT2D eigenvalue weighted by molar-refractivity contribution is 0.0989. The molecule has 0 atom stereocenters. The molecule has 5 heteroatoms. The van der Waals surface area contributed by atoms with Crippen LogP contribution in [0.4, 0.5) is 10.2 Å². The van der Waals surface area contributed by atoms with Gasteiger partial charge in [0.1, 0.15) is 17.4 Å². The van der Waals surface area contributed by atoms with E-state index >= 15 is 0 Å². The van der Waals surface area contributed by atoms with Crippen LogP contribution in [0.15, 0.2) is 42.6 Å². The molecule has 1 N–H and O–H groups in total. The molecule has 1 aromatic carbocycles. The van der Waals surface area contributed by atoms with Gasteiger partial charge in [0.25, 0.3) is 5.91 Å². The lowest BCUT2D eigenvalue weighted by Gasteiger charge is -2.16. The molecule has 92 valence electrons. The Kier molecular flexibility index (Phi) is 3.23. The maximum Gasteiger partial charge on any atom is 0.262 e. The molecule has 1 amide bonds. The second-order valence-electron chi connectivity index (χ2n) is 3.71. The fourth-order valence-electron chi connectivity index (χ4n) is 1.52. The predicted molar refractivity (Wildman–Crippen MR) is 65.0 cm³/mol. The fraction of sp³-hybridized carbons (Fsp3) is 0.0769. The van der Waals surface area contributed by atoms with Gasteiger partial charge in [-0.05, 0) is 24.3 Å². The summed E-state index contributed by atoms with van der Waals surface area (Å²) in [5.41, 5.74) is 0.0320. The first-order chi connectivity index (χ1) is 8.59. The van der Waals surface area contributed by atoms with E-state index in [1.54, 1.807) is 24.4 Å². The van der Waals surface area contributed by atoms with Gasteiger partial charge in [0, 0.05) is 19.3 Å². The summed E-state index contributed by atoms with van der Waals surface area (Å²) < 4.78 is 12.8. The zero-order chi connectivity index (χ0) is 13.1. The van der Waals surface area contributed by atoms with E-state index in [9.17, 15) is 14.3 Å². The number of rotatable bonds is 2. The molecule has 4 nitrogen and oxygen atoms in total. The molecule has 18 heavy (non-hydrogen) atoms. The summed E-state index contributed by atoms with van der Waals surface area (Å²) in [7, 11) is 1.54. The van der Waals surface area contributed by atoms with Gasteiger partial charge in [0.05, 0.1) is 5.56 Å². The van der Waals surface area contributed by atoms with Crippen molar-refractivity contribution in [2.24, 2.45) is 0 Å². The molecular weight excluding hydrogens is 235 g/mol. The number of pyridine rings is 1. The number of hydrogen-bond acceptors (Lipinski definition) is 3. The molecule has 2 rings (SSSR count). The Labute approximate surface area is 103 Å². The van der Waals surface area contributed by atoms with Gasteiger partial charge in [0.2, 0.25) is 0 Å². The van der Waals surface area contributed by atoms with Gasteiger partial charge in [-0.25, -0.2) is 9.37 Å². The van der Waals surface area contributed by atoms with Gasteiger partial charge in [-0.1, -0.05) is 6.07 Å². The molecule has 0 saturated heterocycles. The molecule has 0 unspecified atom stereocenters. The van der Waals surface area contributed by atoms with Crippen molar-refractivity contribution in [3.05, 3.63) is 54.0 Å². The van der Waals surface area contributed by atoms with E-state index in [4.69, 9.17) is 0 Å². The number of aromatic nitrogens is 1. The Morgan fingerprint density at radius 3 is 2.72 bits per heavy atom. The average molecular weight is 246 g/mol. The molecule has 0 radical (unpaired) electrons. The number of phenolic OH excluding ortho intramolecular Hbond substituents is 1. The number of aromatic hydroxyl groups is 1. The lowest BCUT2D eigenvalue weighted by atomic mass is 10.1. The number of halogens is 1. The van der Waals surface area contributed by atoms with Gasteiger partial charge in [-0.15, -0.1) is 0 Å². The summed E-state index contributed by atoms with van der Waals surface area (Å²) >= 11 is 0. The number of hydrogen-bond donors (Lipinski definition) is 1. The van der Waals surface area contributed by atoms with Crippen molar-refractivity contribution >= 4 is 11.7 Å². The standard InChI is InChI=1S/C13H11FN2O2/c1-16(12-4-2-3-7-15-12)13(18)10-6-5-9(14)8-11(10)17/h2-8,17H,1H3. The number of nitrogens with zero attached hydrogens (tertiary/aromatic N) is 2. The molecule has 1 aromatic heterocycles. The van der Waals surface area contributed by atoms with Crippen molar-refractivity contribution in [1.29, 1.82) is 0 Å². The molecule has 0 aliphatic rings. The first-order valence-electron chi connectivity index (χ1n) is 5.27. The van der Waals surface area contributed by atoms with Gasteiger partial charge in [-0.2, -0.15) is 0 Å². The van der Waals surface area contributed by atoms with E-state index in [-0.39, 0.29) is 11.3 Å². The zero-order valence-electron chi connectivity index (χ0n) is 9.67. The SMILES string of the molecule is CN(C(=O)c1ccc(F)cc1O)c1ccccn1. The summed E-state index contributed by atoms with van der Waals surface area (Å²) in [5, 5.41) is 9.55. The van der Waals surface area contributed by atoms with Crippen LogP contribution in [0.25, 0.3) is 0 Å². The van der Waals surface area contributed by atoms with Crippen LogP contribution in [0.1, 0.15) is 10.4 Å². The normalized spacial score (nSPS) is 10.1. The van der Waals surface area contributed by atoms with Crippen molar-refractivity contribution in [3.63, 3.8) is 0 Å². The molecule has 0 saturated carbocycles. The van der Waals surface area contributed by atoms with Crippen LogP contribution < -0.4 is 4.90 Å². The second kappa shape index (κ2) is 4.83. The number of benzene rings is 1. The van der Waals surface area contributed by atoms with E-state index in [2.05, 4.69) is 4.98 Å². The van der Waals surface area contributed by atoms with Crippen LogP contribution in [-0.4, -0.2) is 23.0 Å².